The van der Waals surface area contributed by atoms with Gasteiger partial charge in [-0.1, -0.05) is 28.9 Å². The number of hydrogen-bond donors (Lipinski definition) is 1. The molecular formula is C14H13BrF3NO. The molecule has 0 amide bonds. The predicted octanol–water partition coefficient (Wildman–Crippen LogP) is 4.76. The average molecular weight is 348 g/mol. The second-order valence-electron chi connectivity index (χ2n) is 4.28. The smallest absolute Gasteiger partial charge is 0.416 e. The fourth-order valence-electron chi connectivity index (χ4n) is 2.08. The molecule has 0 radical (unpaired) electrons. The van der Waals surface area contributed by atoms with Crippen LogP contribution in [0.15, 0.2) is 45.7 Å². The fourth-order valence-corrected chi connectivity index (χ4v) is 2.44. The van der Waals surface area contributed by atoms with E-state index in [9.17, 15) is 13.2 Å². The molecule has 0 aliphatic carbocycles. The highest BCUT2D eigenvalue weighted by atomic mass is 79.9. The van der Waals surface area contributed by atoms with Crippen LogP contribution in [0.1, 0.15) is 29.7 Å². The Hall–Kier alpha value is -1.27. The Morgan fingerprint density at radius 3 is 2.60 bits per heavy atom. The molecule has 1 atom stereocenters. The van der Waals surface area contributed by atoms with Crippen LogP contribution in [0, 0.1) is 0 Å². The summed E-state index contributed by atoms with van der Waals surface area (Å²) >= 11 is 3.09. The predicted molar refractivity (Wildman–Crippen MR) is 73.4 cm³/mol. The minimum Gasteiger partial charge on any atom is -0.472 e. The number of halogens is 4. The first-order chi connectivity index (χ1) is 9.43. The van der Waals surface area contributed by atoms with Crippen molar-refractivity contribution in [3.8, 4) is 0 Å². The van der Waals surface area contributed by atoms with Crippen LogP contribution in [0.4, 0.5) is 13.2 Å². The van der Waals surface area contributed by atoms with Gasteiger partial charge in [0.05, 0.1) is 24.1 Å². The highest BCUT2D eigenvalue weighted by Crippen LogP contribution is 2.38. The van der Waals surface area contributed by atoms with Crippen LogP contribution in [0.2, 0.25) is 0 Å². The number of hydrogen-bond acceptors (Lipinski definition) is 2. The van der Waals surface area contributed by atoms with E-state index in [4.69, 9.17) is 4.42 Å². The van der Waals surface area contributed by atoms with Gasteiger partial charge in [0.15, 0.2) is 0 Å². The van der Waals surface area contributed by atoms with Crippen LogP contribution < -0.4 is 5.32 Å². The summed E-state index contributed by atoms with van der Waals surface area (Å²) in [5, 5.41) is 3.06. The molecule has 0 saturated carbocycles. The Labute approximate surface area is 123 Å². The van der Waals surface area contributed by atoms with E-state index in [-0.39, 0.29) is 5.56 Å². The number of rotatable bonds is 4. The van der Waals surface area contributed by atoms with Crippen LogP contribution in [-0.4, -0.2) is 6.54 Å². The van der Waals surface area contributed by atoms with Crippen LogP contribution in [0.25, 0.3) is 0 Å². The summed E-state index contributed by atoms with van der Waals surface area (Å²) in [6.07, 6.45) is -1.50. The van der Waals surface area contributed by atoms with E-state index in [1.165, 1.54) is 18.6 Å². The first-order valence-electron chi connectivity index (χ1n) is 6.05. The second-order valence-corrected chi connectivity index (χ2v) is 5.19. The monoisotopic (exact) mass is 347 g/mol. The summed E-state index contributed by atoms with van der Waals surface area (Å²) in [7, 11) is 0. The molecule has 1 unspecified atom stereocenters. The van der Waals surface area contributed by atoms with Gasteiger partial charge in [0.25, 0.3) is 0 Å². The lowest BCUT2D eigenvalue weighted by Crippen LogP contribution is -2.24. The third-order valence-corrected chi connectivity index (χ3v) is 3.41. The molecule has 0 fully saturated rings. The van der Waals surface area contributed by atoms with Crippen molar-refractivity contribution in [1.82, 2.24) is 5.32 Å². The molecule has 0 aliphatic rings. The first-order valence-corrected chi connectivity index (χ1v) is 6.85. The largest absolute Gasteiger partial charge is 0.472 e. The topological polar surface area (TPSA) is 25.2 Å². The molecule has 0 bridgehead atoms. The maximum Gasteiger partial charge on any atom is 0.416 e. The second kappa shape index (κ2) is 6.01. The third kappa shape index (κ3) is 3.24. The van der Waals surface area contributed by atoms with E-state index < -0.39 is 17.8 Å². The van der Waals surface area contributed by atoms with Gasteiger partial charge >= 0.3 is 6.18 Å². The van der Waals surface area contributed by atoms with Crippen LogP contribution >= 0.6 is 15.9 Å². The van der Waals surface area contributed by atoms with E-state index in [2.05, 4.69) is 21.2 Å². The Morgan fingerprint density at radius 2 is 2.05 bits per heavy atom. The average Bonchev–Trinajstić information content (AvgIpc) is 2.89. The number of alkyl halides is 3. The van der Waals surface area contributed by atoms with Crippen molar-refractivity contribution in [2.75, 3.05) is 6.54 Å². The van der Waals surface area contributed by atoms with E-state index in [0.29, 0.717) is 16.6 Å². The van der Waals surface area contributed by atoms with Crippen LogP contribution in [0.5, 0.6) is 0 Å². The summed E-state index contributed by atoms with van der Waals surface area (Å²) in [4.78, 5) is 0. The molecular weight excluding hydrogens is 335 g/mol. The Bertz CT molecular complexity index is 566. The lowest BCUT2D eigenvalue weighted by Gasteiger charge is -2.22. The number of nitrogens with one attached hydrogen (secondary N) is 1. The van der Waals surface area contributed by atoms with Crippen molar-refractivity contribution in [1.29, 1.82) is 0 Å². The molecule has 1 heterocycles. The summed E-state index contributed by atoms with van der Waals surface area (Å²) in [6.45, 7) is 2.39. The maximum absolute atomic E-state index is 13.2. The molecule has 0 aliphatic heterocycles. The minimum absolute atomic E-state index is 0.184. The van der Waals surface area contributed by atoms with Crippen molar-refractivity contribution < 1.29 is 17.6 Å². The molecule has 1 aromatic carbocycles. The lowest BCUT2D eigenvalue weighted by molar-refractivity contribution is -0.138. The van der Waals surface area contributed by atoms with Gasteiger partial charge in [0.1, 0.15) is 0 Å². The molecule has 1 N–H and O–H groups in total. The zero-order valence-electron chi connectivity index (χ0n) is 10.7. The van der Waals surface area contributed by atoms with Gasteiger partial charge in [-0.2, -0.15) is 13.2 Å². The minimum atomic E-state index is -4.41. The quantitative estimate of drug-likeness (QED) is 0.862. The molecule has 0 saturated heterocycles. The van der Waals surface area contributed by atoms with Gasteiger partial charge in [-0.3, -0.25) is 0 Å². The van der Waals surface area contributed by atoms with Crippen molar-refractivity contribution in [3.63, 3.8) is 0 Å². The standard InChI is InChI=1S/C14H13BrF3NO/c1-2-19-13(9-5-6-20-8-9)11-4-3-10(15)7-12(11)14(16,17)18/h3-8,13,19H,2H2,1H3. The third-order valence-electron chi connectivity index (χ3n) is 2.92. The first kappa shape index (κ1) is 15.1. The fraction of sp³-hybridized carbons (Fsp3) is 0.286. The van der Waals surface area contributed by atoms with Crippen molar-refractivity contribution >= 4 is 15.9 Å². The molecule has 20 heavy (non-hydrogen) atoms. The molecule has 2 rings (SSSR count). The zero-order valence-corrected chi connectivity index (χ0v) is 12.3. The molecule has 0 spiro atoms. The highest BCUT2D eigenvalue weighted by molar-refractivity contribution is 9.10. The van der Waals surface area contributed by atoms with E-state index in [1.807, 2.05) is 6.92 Å². The normalized spacial score (nSPS) is 13.4. The van der Waals surface area contributed by atoms with Crippen LogP contribution in [0.3, 0.4) is 0 Å². The molecule has 1 aromatic heterocycles. The maximum atomic E-state index is 13.2. The van der Waals surface area contributed by atoms with Gasteiger partial charge in [0.2, 0.25) is 0 Å². The van der Waals surface area contributed by atoms with Crippen molar-refractivity contribution in [2.24, 2.45) is 0 Å². The SMILES string of the molecule is CCNC(c1ccoc1)c1ccc(Br)cc1C(F)(F)F. The lowest BCUT2D eigenvalue weighted by atomic mass is 9.95. The van der Waals surface area contributed by atoms with Gasteiger partial charge in [0, 0.05) is 10.0 Å². The molecule has 2 aromatic rings. The summed E-state index contributed by atoms with van der Waals surface area (Å²) in [5.74, 6) is 0. The molecule has 6 heteroatoms. The van der Waals surface area contributed by atoms with Crippen molar-refractivity contribution in [2.45, 2.75) is 19.1 Å². The summed E-state index contributed by atoms with van der Waals surface area (Å²) in [5.41, 5.74) is 0.197. The van der Waals surface area contributed by atoms with E-state index in [1.54, 1.807) is 12.1 Å². The number of furan rings is 1. The van der Waals surface area contributed by atoms with Gasteiger partial charge in [-0.15, -0.1) is 0 Å². The Morgan fingerprint density at radius 1 is 1.30 bits per heavy atom. The Kier molecular flexibility index (Phi) is 4.55. The van der Waals surface area contributed by atoms with E-state index in [0.717, 1.165) is 6.07 Å². The molecule has 108 valence electrons. The van der Waals surface area contributed by atoms with Gasteiger partial charge in [-0.05, 0) is 30.3 Å². The van der Waals surface area contributed by atoms with Crippen molar-refractivity contribution in [3.05, 3.63) is 58.0 Å². The summed E-state index contributed by atoms with van der Waals surface area (Å²) in [6, 6.07) is 5.29. The zero-order chi connectivity index (χ0) is 14.8. The highest BCUT2D eigenvalue weighted by Gasteiger charge is 2.35. The van der Waals surface area contributed by atoms with Crippen LogP contribution in [-0.2, 0) is 6.18 Å². The van der Waals surface area contributed by atoms with Gasteiger partial charge in [-0.25, -0.2) is 0 Å². The van der Waals surface area contributed by atoms with Gasteiger partial charge < -0.3 is 9.73 Å². The number of benzene rings is 1. The molecule has 2 nitrogen and oxygen atoms in total. The van der Waals surface area contributed by atoms with E-state index >= 15 is 0 Å². The Balaban J connectivity index is 2.54. The summed E-state index contributed by atoms with van der Waals surface area (Å²) < 4.78 is 45.0.